The third kappa shape index (κ3) is 3.70. The number of hydrogen-bond donors (Lipinski definition) is 0. The van der Waals surface area contributed by atoms with Crippen LogP contribution in [0.15, 0.2) is 12.1 Å². The van der Waals surface area contributed by atoms with Gasteiger partial charge < -0.3 is 14.2 Å². The molecule has 0 radical (unpaired) electrons. The second-order valence-electron chi connectivity index (χ2n) is 4.96. The van der Waals surface area contributed by atoms with E-state index in [2.05, 4.69) is 4.98 Å². The van der Waals surface area contributed by atoms with Crippen molar-refractivity contribution in [1.82, 2.24) is 14.5 Å². The Bertz CT molecular complexity index is 616. The van der Waals surface area contributed by atoms with Crippen molar-refractivity contribution in [3.05, 3.63) is 29.6 Å². The molecule has 21 heavy (non-hydrogen) atoms. The molecule has 1 aromatic carbocycles. The molecule has 0 aliphatic heterocycles. The lowest BCUT2D eigenvalue weighted by Crippen LogP contribution is -2.19. The maximum Gasteiger partial charge on any atom is 0.184 e. The van der Waals surface area contributed by atoms with Crippen molar-refractivity contribution in [2.75, 3.05) is 33.9 Å². The molecule has 7 heteroatoms. The van der Waals surface area contributed by atoms with E-state index in [4.69, 9.17) is 16.3 Å². The normalized spacial score (nSPS) is 11.7. The molecule has 2 rings (SSSR count). The molecule has 1 aromatic heterocycles. The Balaban J connectivity index is 2.15. The number of benzene rings is 1. The molecule has 0 aliphatic rings. The lowest BCUT2D eigenvalue weighted by atomic mass is 10.3. The molecule has 0 atom stereocenters. The molecule has 4 nitrogen and oxygen atoms in total. The Kier molecular flexibility index (Phi) is 5.50. The van der Waals surface area contributed by atoms with E-state index in [1.54, 1.807) is 4.57 Å². The van der Waals surface area contributed by atoms with Gasteiger partial charge in [-0.15, -0.1) is 11.6 Å². The van der Waals surface area contributed by atoms with Crippen LogP contribution in [0.3, 0.4) is 0 Å². The summed E-state index contributed by atoms with van der Waals surface area (Å²) in [5.41, 5.74) is 0.541. The van der Waals surface area contributed by atoms with Crippen LogP contribution in [0.2, 0.25) is 0 Å². The summed E-state index contributed by atoms with van der Waals surface area (Å²) in [5, 5.41) is 0. The first-order chi connectivity index (χ1) is 10.0. The Morgan fingerprint density at radius 3 is 2.71 bits per heavy atom. The topological polar surface area (TPSA) is 30.3 Å². The van der Waals surface area contributed by atoms with Gasteiger partial charge in [0.25, 0.3) is 0 Å². The van der Waals surface area contributed by atoms with Crippen LogP contribution in [0.5, 0.6) is 0 Å². The van der Waals surface area contributed by atoms with Gasteiger partial charge in [0.05, 0.1) is 24.6 Å². The summed E-state index contributed by atoms with van der Waals surface area (Å²) >= 11 is 5.83. The second kappa shape index (κ2) is 7.15. The van der Waals surface area contributed by atoms with Gasteiger partial charge in [0, 0.05) is 13.1 Å². The smallest absolute Gasteiger partial charge is 0.184 e. The SMILES string of the molecule is CN(C)CCOCCn1c(CCl)nc2ccc(F)c(F)c21. The first-order valence-corrected chi connectivity index (χ1v) is 7.19. The average Bonchev–Trinajstić information content (AvgIpc) is 2.81. The van der Waals surface area contributed by atoms with Gasteiger partial charge in [0.2, 0.25) is 0 Å². The molecule has 0 unspecified atom stereocenters. The molecule has 0 fully saturated rings. The highest BCUT2D eigenvalue weighted by Crippen LogP contribution is 2.22. The van der Waals surface area contributed by atoms with E-state index in [-0.39, 0.29) is 11.4 Å². The number of aromatic nitrogens is 2. The van der Waals surface area contributed by atoms with Crippen LogP contribution in [0.4, 0.5) is 8.78 Å². The summed E-state index contributed by atoms with van der Waals surface area (Å²) in [6, 6.07) is 2.52. The molecule has 0 aliphatic carbocycles. The number of fused-ring (bicyclic) bond motifs is 1. The van der Waals surface area contributed by atoms with E-state index in [9.17, 15) is 8.78 Å². The summed E-state index contributed by atoms with van der Waals surface area (Å²) in [7, 11) is 3.91. The molecular weight excluding hydrogens is 300 g/mol. The minimum atomic E-state index is -0.898. The first-order valence-electron chi connectivity index (χ1n) is 6.66. The number of nitrogens with zero attached hydrogens (tertiary/aromatic N) is 3. The molecule has 0 saturated heterocycles. The fourth-order valence-electron chi connectivity index (χ4n) is 2.05. The van der Waals surface area contributed by atoms with Crippen molar-refractivity contribution >= 4 is 22.6 Å². The molecule has 0 N–H and O–H groups in total. The van der Waals surface area contributed by atoms with Gasteiger partial charge in [-0.25, -0.2) is 13.8 Å². The number of halogens is 3. The highest BCUT2D eigenvalue weighted by molar-refractivity contribution is 6.16. The highest BCUT2D eigenvalue weighted by Gasteiger charge is 2.16. The quantitative estimate of drug-likeness (QED) is 0.581. The van der Waals surface area contributed by atoms with Crippen LogP contribution in [0.25, 0.3) is 11.0 Å². The minimum absolute atomic E-state index is 0.132. The zero-order chi connectivity index (χ0) is 15.4. The van der Waals surface area contributed by atoms with Gasteiger partial charge in [-0.05, 0) is 26.2 Å². The monoisotopic (exact) mass is 317 g/mol. The van der Waals surface area contributed by atoms with Gasteiger partial charge >= 0.3 is 0 Å². The summed E-state index contributed by atoms with van der Waals surface area (Å²) in [4.78, 5) is 6.23. The molecule has 116 valence electrons. The van der Waals surface area contributed by atoms with E-state index in [1.807, 2.05) is 19.0 Å². The largest absolute Gasteiger partial charge is 0.378 e. The van der Waals surface area contributed by atoms with Crippen LogP contribution >= 0.6 is 11.6 Å². The molecule has 0 amide bonds. The lowest BCUT2D eigenvalue weighted by molar-refractivity contribution is 0.111. The zero-order valence-corrected chi connectivity index (χ0v) is 12.8. The fourth-order valence-corrected chi connectivity index (χ4v) is 2.26. The van der Waals surface area contributed by atoms with Crippen molar-refractivity contribution in [2.45, 2.75) is 12.4 Å². The zero-order valence-electron chi connectivity index (χ0n) is 12.1. The van der Waals surface area contributed by atoms with Crippen LogP contribution < -0.4 is 0 Å². The van der Waals surface area contributed by atoms with Gasteiger partial charge in [0.1, 0.15) is 11.3 Å². The number of imidazole rings is 1. The predicted molar refractivity (Wildman–Crippen MR) is 78.6 cm³/mol. The Labute approximate surface area is 127 Å². The Morgan fingerprint density at radius 2 is 2.05 bits per heavy atom. The third-order valence-corrected chi connectivity index (χ3v) is 3.38. The maximum atomic E-state index is 14.0. The lowest BCUT2D eigenvalue weighted by Gasteiger charge is -2.11. The molecular formula is C14H18ClF2N3O. The predicted octanol–water partition coefficient (Wildman–Crippen LogP) is 2.63. The third-order valence-electron chi connectivity index (χ3n) is 3.14. The van der Waals surface area contributed by atoms with E-state index in [1.165, 1.54) is 6.07 Å². The highest BCUT2D eigenvalue weighted by atomic mass is 35.5. The van der Waals surface area contributed by atoms with Crippen molar-refractivity contribution in [2.24, 2.45) is 0 Å². The Hall–Kier alpha value is -1.24. The fraction of sp³-hybridized carbons (Fsp3) is 0.500. The van der Waals surface area contributed by atoms with E-state index < -0.39 is 11.6 Å². The Morgan fingerprint density at radius 1 is 1.29 bits per heavy atom. The summed E-state index contributed by atoms with van der Waals surface area (Å²) in [5.74, 6) is -1.15. The molecule has 1 heterocycles. The van der Waals surface area contributed by atoms with Gasteiger partial charge in [-0.1, -0.05) is 0 Å². The van der Waals surface area contributed by atoms with Crippen molar-refractivity contribution in [3.63, 3.8) is 0 Å². The standard InChI is InChI=1S/C14H18ClF2N3O/c1-19(2)5-7-21-8-6-20-12(9-15)18-11-4-3-10(16)13(17)14(11)20/h3-4H,5-9H2,1-2H3. The van der Waals surface area contributed by atoms with Gasteiger partial charge in [-0.2, -0.15) is 0 Å². The number of hydrogen-bond acceptors (Lipinski definition) is 3. The van der Waals surface area contributed by atoms with Gasteiger partial charge in [-0.3, -0.25) is 0 Å². The minimum Gasteiger partial charge on any atom is -0.378 e. The molecule has 0 bridgehead atoms. The van der Waals surface area contributed by atoms with Crippen molar-refractivity contribution < 1.29 is 13.5 Å². The van der Waals surface area contributed by atoms with Crippen LogP contribution in [0.1, 0.15) is 5.82 Å². The second-order valence-corrected chi connectivity index (χ2v) is 5.23. The van der Waals surface area contributed by atoms with E-state index >= 15 is 0 Å². The van der Waals surface area contributed by atoms with E-state index in [0.29, 0.717) is 31.1 Å². The van der Waals surface area contributed by atoms with Gasteiger partial charge in [0.15, 0.2) is 11.6 Å². The molecule has 0 spiro atoms. The van der Waals surface area contributed by atoms with E-state index in [0.717, 1.165) is 12.6 Å². The van der Waals surface area contributed by atoms with Crippen LogP contribution in [0, 0.1) is 11.6 Å². The summed E-state index contributed by atoms with van der Waals surface area (Å²) in [6.45, 7) is 2.15. The number of ether oxygens (including phenoxy) is 1. The molecule has 0 saturated carbocycles. The van der Waals surface area contributed by atoms with Crippen LogP contribution in [-0.2, 0) is 17.2 Å². The van der Waals surface area contributed by atoms with Crippen LogP contribution in [-0.4, -0.2) is 48.3 Å². The summed E-state index contributed by atoms with van der Waals surface area (Å²) in [6.07, 6.45) is 0. The number of likely N-dealkylation sites (N-methyl/N-ethyl adjacent to an activating group) is 1. The maximum absolute atomic E-state index is 14.0. The first kappa shape index (κ1) is 16.1. The number of rotatable bonds is 7. The van der Waals surface area contributed by atoms with Crippen molar-refractivity contribution in [1.29, 1.82) is 0 Å². The number of alkyl halides is 1. The average molecular weight is 318 g/mol. The van der Waals surface area contributed by atoms with Crippen molar-refractivity contribution in [3.8, 4) is 0 Å². The molecule has 2 aromatic rings. The summed E-state index contributed by atoms with van der Waals surface area (Å²) < 4.78 is 34.4.